The van der Waals surface area contributed by atoms with E-state index in [-0.39, 0.29) is 5.82 Å². The number of nitrogens with two attached hydrogens (primary N) is 1. The molecule has 0 fully saturated rings. The molecule has 1 aromatic heterocycles. The topological polar surface area (TPSA) is 56.7 Å². The highest BCUT2D eigenvalue weighted by molar-refractivity contribution is 5.62. The number of halogens is 1. The highest BCUT2D eigenvalue weighted by Crippen LogP contribution is 2.25. The number of para-hydroxylation sites is 1. The molecule has 0 unspecified atom stereocenters. The molecule has 20 heavy (non-hydrogen) atoms. The summed E-state index contributed by atoms with van der Waals surface area (Å²) in [6.07, 6.45) is 1.55. The second kappa shape index (κ2) is 5.22. The molecule has 0 saturated heterocycles. The predicted molar refractivity (Wildman–Crippen MR) is 74.6 cm³/mol. The molecule has 0 atom stereocenters. The van der Waals surface area contributed by atoms with Gasteiger partial charge in [0.05, 0.1) is 17.6 Å². The van der Waals surface area contributed by atoms with Crippen molar-refractivity contribution in [3.05, 3.63) is 66.1 Å². The van der Waals surface area contributed by atoms with Gasteiger partial charge in [0.1, 0.15) is 5.82 Å². The Hall–Kier alpha value is -2.53. The van der Waals surface area contributed by atoms with Crippen LogP contribution in [0, 0.1) is 5.82 Å². The number of hydrogen-bond acceptors (Lipinski definition) is 3. The maximum Gasteiger partial charge on any atom is 0.132 e. The van der Waals surface area contributed by atoms with E-state index in [0.29, 0.717) is 17.8 Å². The van der Waals surface area contributed by atoms with Crippen molar-refractivity contribution in [1.82, 2.24) is 15.0 Å². The van der Waals surface area contributed by atoms with Crippen molar-refractivity contribution >= 4 is 0 Å². The first-order valence-corrected chi connectivity index (χ1v) is 6.24. The van der Waals surface area contributed by atoms with Gasteiger partial charge in [-0.15, -0.1) is 5.10 Å². The molecule has 1 heterocycles. The first-order valence-electron chi connectivity index (χ1n) is 6.24. The van der Waals surface area contributed by atoms with Crippen molar-refractivity contribution in [1.29, 1.82) is 0 Å². The van der Waals surface area contributed by atoms with E-state index in [1.165, 1.54) is 6.07 Å². The lowest BCUT2D eigenvalue weighted by Gasteiger charge is -2.08. The van der Waals surface area contributed by atoms with Gasteiger partial charge in [-0.05, 0) is 29.8 Å². The molecular weight excluding hydrogens is 255 g/mol. The lowest BCUT2D eigenvalue weighted by molar-refractivity contribution is 0.628. The van der Waals surface area contributed by atoms with Gasteiger partial charge in [0.2, 0.25) is 0 Å². The fraction of sp³-hybridized carbons (Fsp3) is 0.0667. The van der Waals surface area contributed by atoms with Gasteiger partial charge < -0.3 is 5.73 Å². The minimum Gasteiger partial charge on any atom is -0.326 e. The second-order valence-electron chi connectivity index (χ2n) is 4.38. The van der Waals surface area contributed by atoms with Crippen molar-refractivity contribution in [2.45, 2.75) is 6.54 Å². The Labute approximate surface area is 115 Å². The summed E-state index contributed by atoms with van der Waals surface area (Å²) in [7, 11) is 0. The van der Waals surface area contributed by atoms with Crippen LogP contribution in [-0.4, -0.2) is 15.0 Å². The predicted octanol–water partition coefficient (Wildman–Crippen LogP) is 2.53. The maximum atomic E-state index is 14.1. The molecular formula is C15H13FN4. The molecule has 0 radical (unpaired) electrons. The summed E-state index contributed by atoms with van der Waals surface area (Å²) in [6.45, 7) is 0.361. The van der Waals surface area contributed by atoms with Crippen LogP contribution in [0.1, 0.15) is 5.56 Å². The van der Waals surface area contributed by atoms with E-state index in [1.807, 2.05) is 30.3 Å². The summed E-state index contributed by atoms with van der Waals surface area (Å²) < 4.78 is 15.7. The van der Waals surface area contributed by atoms with Gasteiger partial charge in [0.15, 0.2) is 0 Å². The Morgan fingerprint density at radius 1 is 1.10 bits per heavy atom. The SMILES string of the molecule is NCc1ccc(F)c(-c2cnnn2-c2ccccc2)c1. The summed E-state index contributed by atoms with van der Waals surface area (Å²) >= 11 is 0. The summed E-state index contributed by atoms with van der Waals surface area (Å²) in [5, 5.41) is 7.91. The van der Waals surface area contributed by atoms with Gasteiger partial charge in [-0.1, -0.05) is 29.5 Å². The average molecular weight is 268 g/mol. The lowest BCUT2D eigenvalue weighted by Crippen LogP contribution is -2.02. The monoisotopic (exact) mass is 268 g/mol. The van der Waals surface area contributed by atoms with Gasteiger partial charge >= 0.3 is 0 Å². The highest BCUT2D eigenvalue weighted by atomic mass is 19.1. The third kappa shape index (κ3) is 2.19. The van der Waals surface area contributed by atoms with Crippen LogP contribution in [0.3, 0.4) is 0 Å². The van der Waals surface area contributed by atoms with E-state index in [9.17, 15) is 4.39 Å². The smallest absolute Gasteiger partial charge is 0.132 e. The molecule has 5 heteroatoms. The summed E-state index contributed by atoms with van der Waals surface area (Å²) in [4.78, 5) is 0. The van der Waals surface area contributed by atoms with Crippen LogP contribution in [0.4, 0.5) is 4.39 Å². The lowest BCUT2D eigenvalue weighted by atomic mass is 10.1. The molecule has 0 amide bonds. The van der Waals surface area contributed by atoms with Crippen molar-refractivity contribution in [2.75, 3.05) is 0 Å². The number of nitrogens with zero attached hydrogens (tertiary/aromatic N) is 3. The van der Waals surface area contributed by atoms with Crippen LogP contribution in [0.25, 0.3) is 16.9 Å². The van der Waals surface area contributed by atoms with Crippen LogP contribution in [-0.2, 0) is 6.54 Å². The largest absolute Gasteiger partial charge is 0.326 e. The Kier molecular flexibility index (Phi) is 3.26. The van der Waals surface area contributed by atoms with Crippen LogP contribution in [0.2, 0.25) is 0 Å². The van der Waals surface area contributed by atoms with Crippen LogP contribution in [0.15, 0.2) is 54.7 Å². The van der Waals surface area contributed by atoms with E-state index in [1.54, 1.807) is 23.0 Å². The van der Waals surface area contributed by atoms with Crippen LogP contribution >= 0.6 is 0 Å². The standard InChI is InChI=1S/C15H13FN4/c16-14-7-6-11(9-17)8-13(14)15-10-18-19-20(15)12-4-2-1-3-5-12/h1-8,10H,9,17H2. The molecule has 3 rings (SSSR count). The summed E-state index contributed by atoms with van der Waals surface area (Å²) in [5.74, 6) is -0.318. The fourth-order valence-electron chi connectivity index (χ4n) is 2.07. The summed E-state index contributed by atoms with van der Waals surface area (Å²) in [5.41, 5.74) is 8.35. The van der Waals surface area contributed by atoms with E-state index in [0.717, 1.165) is 11.3 Å². The zero-order valence-electron chi connectivity index (χ0n) is 10.7. The number of benzene rings is 2. The van der Waals surface area contributed by atoms with Crippen LogP contribution in [0.5, 0.6) is 0 Å². The molecule has 100 valence electrons. The van der Waals surface area contributed by atoms with Gasteiger partial charge in [-0.2, -0.15) is 0 Å². The minimum atomic E-state index is -0.318. The maximum absolute atomic E-state index is 14.1. The van der Waals surface area contributed by atoms with Crippen molar-refractivity contribution in [2.24, 2.45) is 5.73 Å². The fourth-order valence-corrected chi connectivity index (χ4v) is 2.07. The number of hydrogen-bond donors (Lipinski definition) is 1. The minimum absolute atomic E-state index is 0.318. The van der Waals surface area contributed by atoms with Gasteiger partial charge in [-0.25, -0.2) is 9.07 Å². The second-order valence-corrected chi connectivity index (χ2v) is 4.38. The molecule has 2 N–H and O–H groups in total. The molecule has 0 aliphatic heterocycles. The third-order valence-electron chi connectivity index (χ3n) is 3.09. The Bertz CT molecular complexity index is 722. The molecule has 0 aliphatic rings. The Morgan fingerprint density at radius 3 is 2.65 bits per heavy atom. The van der Waals surface area contributed by atoms with E-state index in [2.05, 4.69) is 10.3 Å². The van der Waals surface area contributed by atoms with Crippen molar-refractivity contribution in [3.8, 4) is 16.9 Å². The van der Waals surface area contributed by atoms with Crippen molar-refractivity contribution < 1.29 is 4.39 Å². The molecule has 2 aromatic carbocycles. The molecule has 0 spiro atoms. The molecule has 3 aromatic rings. The third-order valence-corrected chi connectivity index (χ3v) is 3.09. The molecule has 0 saturated carbocycles. The molecule has 0 aliphatic carbocycles. The van der Waals surface area contributed by atoms with Gasteiger partial charge in [0, 0.05) is 12.1 Å². The average Bonchev–Trinajstić information content (AvgIpc) is 2.98. The Balaban J connectivity index is 2.15. The van der Waals surface area contributed by atoms with E-state index in [4.69, 9.17) is 5.73 Å². The quantitative estimate of drug-likeness (QED) is 0.794. The van der Waals surface area contributed by atoms with Crippen molar-refractivity contribution in [3.63, 3.8) is 0 Å². The first-order chi connectivity index (χ1) is 9.79. The zero-order valence-corrected chi connectivity index (χ0v) is 10.7. The number of aromatic nitrogens is 3. The highest BCUT2D eigenvalue weighted by Gasteiger charge is 2.13. The van der Waals surface area contributed by atoms with E-state index >= 15 is 0 Å². The first kappa shape index (κ1) is 12.5. The van der Waals surface area contributed by atoms with E-state index < -0.39 is 0 Å². The van der Waals surface area contributed by atoms with Crippen LogP contribution < -0.4 is 5.73 Å². The molecule has 4 nitrogen and oxygen atoms in total. The van der Waals surface area contributed by atoms with Gasteiger partial charge in [0.25, 0.3) is 0 Å². The zero-order chi connectivity index (χ0) is 13.9. The number of rotatable bonds is 3. The Morgan fingerprint density at radius 2 is 1.90 bits per heavy atom. The molecule has 0 bridgehead atoms. The normalized spacial score (nSPS) is 10.7. The van der Waals surface area contributed by atoms with Gasteiger partial charge in [-0.3, -0.25) is 0 Å². The summed E-state index contributed by atoms with van der Waals surface area (Å²) in [6, 6.07) is 14.3.